The Hall–Kier alpha value is -0.780. The minimum absolute atomic E-state index is 0.245. The van der Waals surface area contributed by atoms with Gasteiger partial charge < -0.3 is 5.32 Å². The lowest BCUT2D eigenvalue weighted by Crippen LogP contribution is -2.17. The van der Waals surface area contributed by atoms with Gasteiger partial charge in [-0.3, -0.25) is 0 Å². The Labute approximate surface area is 104 Å². The van der Waals surface area contributed by atoms with Crippen LogP contribution in [0.2, 0.25) is 0 Å². The van der Waals surface area contributed by atoms with Crippen LogP contribution < -0.4 is 5.32 Å². The number of hydrogen-bond acceptors (Lipinski definition) is 5. The van der Waals surface area contributed by atoms with Crippen molar-refractivity contribution in [2.45, 2.75) is 26.3 Å². The summed E-state index contributed by atoms with van der Waals surface area (Å²) in [4.78, 5) is 2.61. The fourth-order valence-electron chi connectivity index (χ4n) is 1.74. The van der Waals surface area contributed by atoms with Gasteiger partial charge in [-0.25, -0.2) is 0 Å². The summed E-state index contributed by atoms with van der Waals surface area (Å²) in [6.07, 6.45) is 0.939. The van der Waals surface area contributed by atoms with E-state index in [1.54, 1.807) is 11.3 Å². The third-order valence-electron chi connectivity index (χ3n) is 2.63. The first kappa shape index (κ1) is 11.7. The van der Waals surface area contributed by atoms with E-state index in [1.165, 1.54) is 26.9 Å². The van der Waals surface area contributed by atoms with Crippen LogP contribution in [0.4, 0.5) is 0 Å². The maximum atomic E-state index is 4.18. The van der Waals surface area contributed by atoms with Crippen LogP contribution in [0.1, 0.15) is 34.0 Å². The zero-order valence-corrected chi connectivity index (χ0v) is 11.3. The number of nitrogens with zero attached hydrogens (tertiary/aromatic N) is 2. The quantitative estimate of drug-likeness (QED) is 0.910. The predicted molar refractivity (Wildman–Crippen MR) is 69.2 cm³/mol. The van der Waals surface area contributed by atoms with Gasteiger partial charge >= 0.3 is 0 Å². The molecule has 0 saturated carbocycles. The maximum absolute atomic E-state index is 4.18. The summed E-state index contributed by atoms with van der Waals surface area (Å²) >= 11 is 3.29. The van der Waals surface area contributed by atoms with Gasteiger partial charge in [0.1, 0.15) is 0 Å². The smallest absolute Gasteiger partial charge is 0.0804 e. The fraction of sp³-hybridized carbons (Fsp3) is 0.455. The monoisotopic (exact) mass is 253 g/mol. The molecule has 0 amide bonds. The molecule has 5 heteroatoms. The van der Waals surface area contributed by atoms with Gasteiger partial charge in [0.15, 0.2) is 0 Å². The number of rotatable bonds is 4. The van der Waals surface area contributed by atoms with E-state index in [0.717, 1.165) is 12.1 Å². The molecule has 2 rings (SSSR count). The van der Waals surface area contributed by atoms with Gasteiger partial charge in [0.25, 0.3) is 0 Å². The minimum atomic E-state index is 0.245. The van der Waals surface area contributed by atoms with Crippen LogP contribution in [-0.4, -0.2) is 16.6 Å². The molecule has 0 spiro atoms. The average molecular weight is 253 g/mol. The molecule has 3 nitrogen and oxygen atoms in total. The second-order valence-corrected chi connectivity index (χ2v) is 5.36. The molecule has 1 atom stereocenters. The van der Waals surface area contributed by atoms with E-state index in [9.17, 15) is 0 Å². The summed E-state index contributed by atoms with van der Waals surface area (Å²) < 4.78 is 4.06. The normalized spacial score (nSPS) is 12.9. The topological polar surface area (TPSA) is 37.8 Å². The lowest BCUT2D eigenvalue weighted by Gasteiger charge is -2.14. The number of thiophene rings is 1. The maximum Gasteiger partial charge on any atom is 0.0804 e. The lowest BCUT2D eigenvalue weighted by atomic mass is 10.1. The van der Waals surface area contributed by atoms with E-state index in [4.69, 9.17) is 0 Å². The summed E-state index contributed by atoms with van der Waals surface area (Å²) in [5.74, 6) is 0. The summed E-state index contributed by atoms with van der Waals surface area (Å²) in [5, 5.41) is 9.67. The Kier molecular flexibility index (Phi) is 3.68. The highest BCUT2D eigenvalue weighted by molar-refractivity contribution is 7.10. The fourth-order valence-corrected chi connectivity index (χ4v) is 3.72. The summed E-state index contributed by atoms with van der Waals surface area (Å²) in [6, 6.07) is 2.40. The van der Waals surface area contributed by atoms with Crippen LogP contribution in [0, 0.1) is 6.92 Å². The first-order valence-corrected chi connectivity index (χ1v) is 6.95. The molecule has 0 fully saturated rings. The van der Waals surface area contributed by atoms with Crippen LogP contribution in [0.15, 0.2) is 11.4 Å². The Morgan fingerprint density at radius 3 is 2.81 bits per heavy atom. The second-order valence-electron chi connectivity index (χ2n) is 3.63. The van der Waals surface area contributed by atoms with Crippen molar-refractivity contribution in [2.24, 2.45) is 0 Å². The molecule has 0 saturated heterocycles. The predicted octanol–water partition coefficient (Wildman–Crippen LogP) is 2.78. The highest BCUT2D eigenvalue weighted by Gasteiger charge is 2.21. The Morgan fingerprint density at radius 1 is 1.44 bits per heavy atom. The van der Waals surface area contributed by atoms with Gasteiger partial charge in [-0.2, -0.15) is 0 Å². The van der Waals surface area contributed by atoms with Crippen LogP contribution in [0.25, 0.3) is 0 Å². The van der Waals surface area contributed by atoms with E-state index in [1.807, 2.05) is 7.05 Å². The molecule has 2 aromatic rings. The van der Waals surface area contributed by atoms with Crippen molar-refractivity contribution in [1.82, 2.24) is 14.9 Å². The molecule has 86 valence electrons. The summed E-state index contributed by atoms with van der Waals surface area (Å²) in [7, 11) is 1.99. The van der Waals surface area contributed by atoms with Crippen molar-refractivity contribution in [1.29, 1.82) is 0 Å². The molecule has 0 aromatic carbocycles. The molecule has 0 aliphatic carbocycles. The average Bonchev–Trinajstić information content (AvgIpc) is 2.90. The number of nitrogens with one attached hydrogen (secondary N) is 1. The second kappa shape index (κ2) is 5.03. The highest BCUT2D eigenvalue weighted by atomic mass is 32.1. The van der Waals surface area contributed by atoms with Crippen molar-refractivity contribution >= 4 is 22.9 Å². The van der Waals surface area contributed by atoms with Gasteiger partial charge in [0.05, 0.1) is 16.6 Å². The number of hydrogen-bond donors (Lipinski definition) is 1. The van der Waals surface area contributed by atoms with E-state index < -0.39 is 0 Å². The minimum Gasteiger partial charge on any atom is -0.308 e. The Bertz CT molecular complexity index is 461. The van der Waals surface area contributed by atoms with Crippen LogP contribution >= 0.6 is 22.9 Å². The summed E-state index contributed by atoms with van der Waals surface area (Å²) in [6.45, 7) is 4.27. The first-order chi connectivity index (χ1) is 7.77. The van der Waals surface area contributed by atoms with E-state index in [0.29, 0.717) is 0 Å². The SMILES string of the molecule is CCc1nnsc1C(NC)c1sccc1C. The van der Waals surface area contributed by atoms with E-state index >= 15 is 0 Å². The van der Waals surface area contributed by atoms with Crippen molar-refractivity contribution in [2.75, 3.05) is 7.05 Å². The number of aromatic nitrogens is 2. The third-order valence-corrected chi connectivity index (χ3v) is 4.55. The van der Waals surface area contributed by atoms with Gasteiger partial charge in [-0.1, -0.05) is 11.4 Å². The Morgan fingerprint density at radius 2 is 2.25 bits per heavy atom. The van der Waals surface area contributed by atoms with Crippen molar-refractivity contribution < 1.29 is 0 Å². The van der Waals surface area contributed by atoms with Crippen molar-refractivity contribution in [3.05, 3.63) is 32.5 Å². The van der Waals surface area contributed by atoms with Crippen LogP contribution in [0.5, 0.6) is 0 Å². The molecule has 0 bridgehead atoms. The summed E-state index contributed by atoms with van der Waals surface area (Å²) in [5.41, 5.74) is 2.44. The third kappa shape index (κ3) is 2.03. The van der Waals surface area contributed by atoms with Gasteiger partial charge in [0.2, 0.25) is 0 Å². The van der Waals surface area contributed by atoms with Crippen LogP contribution in [0.3, 0.4) is 0 Å². The molecule has 0 aliphatic rings. The van der Waals surface area contributed by atoms with Crippen molar-refractivity contribution in [3.63, 3.8) is 0 Å². The van der Waals surface area contributed by atoms with Gasteiger partial charge in [-0.15, -0.1) is 16.4 Å². The molecule has 2 aromatic heterocycles. The zero-order valence-electron chi connectivity index (χ0n) is 9.65. The number of aryl methyl sites for hydroxylation is 2. The zero-order chi connectivity index (χ0) is 11.5. The molecule has 1 unspecified atom stereocenters. The molecule has 2 heterocycles. The van der Waals surface area contributed by atoms with Crippen LogP contribution in [-0.2, 0) is 6.42 Å². The lowest BCUT2D eigenvalue weighted by molar-refractivity contribution is 0.701. The molecule has 0 aliphatic heterocycles. The van der Waals surface area contributed by atoms with E-state index in [2.05, 4.69) is 40.2 Å². The van der Waals surface area contributed by atoms with E-state index in [-0.39, 0.29) is 6.04 Å². The molecule has 16 heavy (non-hydrogen) atoms. The molecule has 0 radical (unpaired) electrons. The van der Waals surface area contributed by atoms with Gasteiger partial charge in [0, 0.05) is 4.88 Å². The molecule has 1 N–H and O–H groups in total. The molecular weight excluding hydrogens is 238 g/mol. The highest BCUT2D eigenvalue weighted by Crippen LogP contribution is 2.32. The largest absolute Gasteiger partial charge is 0.308 e. The van der Waals surface area contributed by atoms with Gasteiger partial charge in [-0.05, 0) is 48.9 Å². The molecular formula is C11H15N3S2. The Balaban J connectivity index is 2.40. The standard InChI is InChI=1S/C11H15N3S2/c1-4-8-11(16-14-13-8)9(12-3)10-7(2)5-6-15-10/h5-6,9,12H,4H2,1-3H3. The van der Waals surface area contributed by atoms with Crippen molar-refractivity contribution in [3.8, 4) is 0 Å². The first-order valence-electron chi connectivity index (χ1n) is 5.30.